The summed E-state index contributed by atoms with van der Waals surface area (Å²) in [5.74, 6) is -1.81. The molecule has 1 fully saturated rings. The minimum Gasteiger partial charge on any atom is -0.352 e. The Bertz CT molecular complexity index is 736. The zero-order valence-electron chi connectivity index (χ0n) is 12.7. The zero-order valence-corrected chi connectivity index (χ0v) is 14.2. The monoisotopic (exact) mass is 395 g/mol. The van der Waals surface area contributed by atoms with Crippen LogP contribution < -0.4 is 16.2 Å². The van der Waals surface area contributed by atoms with E-state index >= 15 is 0 Å². The first-order valence-corrected chi connectivity index (χ1v) is 8.29. The van der Waals surface area contributed by atoms with E-state index in [1.165, 1.54) is 12.1 Å². The van der Waals surface area contributed by atoms with Crippen molar-refractivity contribution in [3.8, 4) is 0 Å². The van der Waals surface area contributed by atoms with Crippen LogP contribution >= 0.6 is 15.9 Å². The standard InChI is InChI=1S/C17H16BrF2N3O/c18-12-3-1-2-11(6-12)16-15(9-22-23-16)17(24)21-8-10-4-13(19)7-14(20)5-10/h1-7,15-16,22-23H,8-9H2,(H,21,24). The quantitative estimate of drug-likeness (QED) is 0.745. The van der Waals surface area contributed by atoms with Crippen LogP contribution in [0.1, 0.15) is 17.2 Å². The lowest BCUT2D eigenvalue weighted by Crippen LogP contribution is -2.34. The first-order valence-electron chi connectivity index (χ1n) is 7.49. The molecule has 1 aliphatic rings. The molecule has 3 rings (SSSR count). The van der Waals surface area contributed by atoms with E-state index in [0.717, 1.165) is 16.1 Å². The Balaban J connectivity index is 1.67. The van der Waals surface area contributed by atoms with Crippen LogP contribution in [0.2, 0.25) is 0 Å². The van der Waals surface area contributed by atoms with Crippen LogP contribution in [-0.2, 0) is 11.3 Å². The predicted molar refractivity (Wildman–Crippen MR) is 89.7 cm³/mol. The number of hydrogen-bond acceptors (Lipinski definition) is 3. The third-order valence-electron chi connectivity index (χ3n) is 3.92. The molecule has 126 valence electrons. The van der Waals surface area contributed by atoms with Gasteiger partial charge in [-0.2, -0.15) is 0 Å². The van der Waals surface area contributed by atoms with Crippen molar-refractivity contribution < 1.29 is 13.6 Å². The molecule has 2 atom stereocenters. The number of benzene rings is 2. The molecule has 0 aliphatic carbocycles. The molecule has 4 nitrogen and oxygen atoms in total. The Labute approximate surface area is 146 Å². The Morgan fingerprint density at radius 1 is 1.21 bits per heavy atom. The van der Waals surface area contributed by atoms with Crippen LogP contribution in [0.5, 0.6) is 0 Å². The normalized spacial score (nSPS) is 20.1. The molecule has 3 N–H and O–H groups in total. The molecule has 0 radical (unpaired) electrons. The van der Waals surface area contributed by atoms with Crippen molar-refractivity contribution in [2.75, 3.05) is 6.54 Å². The maximum Gasteiger partial charge on any atom is 0.226 e. The highest BCUT2D eigenvalue weighted by Crippen LogP contribution is 2.27. The number of halogens is 3. The number of hydrogen-bond donors (Lipinski definition) is 3. The molecule has 1 aliphatic heterocycles. The van der Waals surface area contributed by atoms with Crippen molar-refractivity contribution >= 4 is 21.8 Å². The van der Waals surface area contributed by atoms with Crippen molar-refractivity contribution in [1.82, 2.24) is 16.2 Å². The predicted octanol–water partition coefficient (Wildman–Crippen LogP) is 2.81. The first kappa shape index (κ1) is 17.0. The van der Waals surface area contributed by atoms with Crippen molar-refractivity contribution in [3.05, 3.63) is 69.7 Å². The number of rotatable bonds is 4. The smallest absolute Gasteiger partial charge is 0.226 e. The average molecular weight is 396 g/mol. The van der Waals surface area contributed by atoms with Gasteiger partial charge in [0.2, 0.25) is 5.91 Å². The van der Waals surface area contributed by atoms with Crippen LogP contribution in [0, 0.1) is 17.6 Å². The van der Waals surface area contributed by atoms with E-state index < -0.39 is 11.6 Å². The number of carbonyl (C=O) groups is 1. The third kappa shape index (κ3) is 3.98. The zero-order chi connectivity index (χ0) is 17.1. The summed E-state index contributed by atoms with van der Waals surface area (Å²) in [7, 11) is 0. The minimum absolute atomic E-state index is 0.0786. The molecule has 1 amide bonds. The molecular weight excluding hydrogens is 380 g/mol. The van der Waals surface area contributed by atoms with E-state index in [2.05, 4.69) is 32.1 Å². The Hall–Kier alpha value is -1.83. The van der Waals surface area contributed by atoms with Crippen molar-refractivity contribution in [3.63, 3.8) is 0 Å². The van der Waals surface area contributed by atoms with Gasteiger partial charge in [-0.05, 0) is 35.4 Å². The van der Waals surface area contributed by atoms with Gasteiger partial charge >= 0.3 is 0 Å². The van der Waals surface area contributed by atoms with Gasteiger partial charge in [-0.25, -0.2) is 14.2 Å². The molecule has 0 spiro atoms. The van der Waals surface area contributed by atoms with Gasteiger partial charge in [0.05, 0.1) is 12.0 Å². The second-order valence-electron chi connectivity index (χ2n) is 5.66. The third-order valence-corrected chi connectivity index (χ3v) is 4.41. The fraction of sp³-hybridized carbons (Fsp3) is 0.235. The molecular formula is C17H16BrF2N3O. The summed E-state index contributed by atoms with van der Waals surface area (Å²) in [6.07, 6.45) is 0. The van der Waals surface area contributed by atoms with E-state index in [-0.39, 0.29) is 24.4 Å². The van der Waals surface area contributed by atoms with Gasteiger partial charge in [0.1, 0.15) is 11.6 Å². The van der Waals surface area contributed by atoms with Gasteiger partial charge in [-0.3, -0.25) is 10.2 Å². The van der Waals surface area contributed by atoms with Gasteiger partial charge in [0.25, 0.3) is 0 Å². The van der Waals surface area contributed by atoms with Crippen molar-refractivity contribution in [2.24, 2.45) is 5.92 Å². The highest BCUT2D eigenvalue weighted by atomic mass is 79.9. The fourth-order valence-electron chi connectivity index (χ4n) is 2.79. The summed E-state index contributed by atoms with van der Waals surface area (Å²) in [6, 6.07) is 10.8. The molecule has 1 saturated heterocycles. The van der Waals surface area contributed by atoms with Gasteiger partial charge in [0, 0.05) is 23.6 Å². The maximum atomic E-state index is 13.2. The lowest BCUT2D eigenvalue weighted by atomic mass is 9.94. The number of carbonyl (C=O) groups excluding carboxylic acids is 1. The van der Waals surface area contributed by atoms with Crippen molar-refractivity contribution in [2.45, 2.75) is 12.6 Å². The highest BCUT2D eigenvalue weighted by Gasteiger charge is 2.33. The lowest BCUT2D eigenvalue weighted by molar-refractivity contribution is -0.125. The average Bonchev–Trinajstić information content (AvgIpc) is 3.01. The van der Waals surface area contributed by atoms with E-state index in [1.54, 1.807) is 0 Å². The molecule has 2 aromatic rings. The molecule has 1 heterocycles. The lowest BCUT2D eigenvalue weighted by Gasteiger charge is -2.18. The number of hydrazine groups is 1. The molecule has 24 heavy (non-hydrogen) atoms. The fourth-order valence-corrected chi connectivity index (χ4v) is 3.21. The Kier molecular flexibility index (Phi) is 5.23. The Morgan fingerprint density at radius 3 is 2.67 bits per heavy atom. The van der Waals surface area contributed by atoms with E-state index in [0.29, 0.717) is 12.1 Å². The maximum absolute atomic E-state index is 13.2. The summed E-state index contributed by atoms with van der Waals surface area (Å²) in [5.41, 5.74) is 7.45. The number of nitrogens with one attached hydrogen (secondary N) is 3. The van der Waals surface area contributed by atoms with E-state index in [9.17, 15) is 13.6 Å². The van der Waals surface area contributed by atoms with E-state index in [1.807, 2.05) is 24.3 Å². The molecule has 0 bridgehead atoms. The molecule has 2 aromatic carbocycles. The SMILES string of the molecule is O=C(NCc1cc(F)cc(F)c1)C1CNNC1c1cccc(Br)c1. The van der Waals surface area contributed by atoms with Gasteiger partial charge < -0.3 is 5.32 Å². The highest BCUT2D eigenvalue weighted by molar-refractivity contribution is 9.10. The van der Waals surface area contributed by atoms with Crippen LogP contribution in [0.25, 0.3) is 0 Å². The second-order valence-corrected chi connectivity index (χ2v) is 6.58. The van der Waals surface area contributed by atoms with Gasteiger partial charge in [-0.15, -0.1) is 0 Å². The van der Waals surface area contributed by atoms with Crippen molar-refractivity contribution in [1.29, 1.82) is 0 Å². The van der Waals surface area contributed by atoms with Crippen LogP contribution in [0.4, 0.5) is 8.78 Å². The Morgan fingerprint density at radius 2 is 1.96 bits per heavy atom. The van der Waals surface area contributed by atoms with Gasteiger partial charge in [0.15, 0.2) is 0 Å². The summed E-state index contributed by atoms with van der Waals surface area (Å²) < 4.78 is 27.3. The van der Waals surface area contributed by atoms with Gasteiger partial charge in [-0.1, -0.05) is 28.1 Å². The van der Waals surface area contributed by atoms with E-state index in [4.69, 9.17) is 0 Å². The second kappa shape index (κ2) is 7.38. The molecule has 0 saturated carbocycles. The van der Waals surface area contributed by atoms with Crippen LogP contribution in [0.3, 0.4) is 0 Å². The largest absolute Gasteiger partial charge is 0.352 e. The minimum atomic E-state index is -0.657. The molecule has 2 unspecified atom stereocenters. The van der Waals surface area contributed by atoms with Crippen LogP contribution in [-0.4, -0.2) is 12.5 Å². The summed E-state index contributed by atoms with van der Waals surface area (Å²) in [5, 5.41) is 2.75. The summed E-state index contributed by atoms with van der Waals surface area (Å²) >= 11 is 3.42. The first-order chi connectivity index (χ1) is 11.5. The summed E-state index contributed by atoms with van der Waals surface area (Å²) in [6.45, 7) is 0.551. The van der Waals surface area contributed by atoms with Crippen LogP contribution in [0.15, 0.2) is 46.9 Å². The topological polar surface area (TPSA) is 53.2 Å². The number of amides is 1. The molecule has 0 aromatic heterocycles. The summed E-state index contributed by atoms with van der Waals surface area (Å²) in [4.78, 5) is 12.5. The molecule has 7 heteroatoms.